The first kappa shape index (κ1) is 42.3. The molecule has 63 heavy (non-hydrogen) atoms. The number of esters is 1. The molecule has 328 valence electrons. The Morgan fingerprint density at radius 3 is 2.16 bits per heavy atom. The van der Waals surface area contributed by atoms with Crippen LogP contribution in [0.1, 0.15) is 97.6 Å². The highest BCUT2D eigenvalue weighted by molar-refractivity contribution is 6.04. The molecule has 0 spiro atoms. The number of anilines is 1. The van der Waals surface area contributed by atoms with E-state index in [-0.39, 0.29) is 33.9 Å². The van der Waals surface area contributed by atoms with Gasteiger partial charge in [0.05, 0.1) is 28.8 Å². The zero-order valence-electron chi connectivity index (χ0n) is 35.0. The maximum atomic E-state index is 17.0. The van der Waals surface area contributed by atoms with Crippen molar-refractivity contribution in [2.24, 2.45) is 0 Å². The van der Waals surface area contributed by atoms with Gasteiger partial charge in [0.2, 0.25) is 22.7 Å². The monoisotopic (exact) mass is 878 g/mol. The molecule has 5 heterocycles. The molecule has 0 fully saturated rings. The average molecular weight is 879 g/mol. The van der Waals surface area contributed by atoms with Crippen molar-refractivity contribution in [3.05, 3.63) is 126 Å². The molecule has 0 bridgehead atoms. The number of benzene rings is 4. The molecule has 4 aromatic rings. The maximum Gasteiger partial charge on any atom is 0.313 e. The lowest BCUT2D eigenvalue weighted by atomic mass is 9.78. The first-order chi connectivity index (χ1) is 29.6. The van der Waals surface area contributed by atoms with E-state index in [1.807, 2.05) is 11.5 Å². The molecule has 0 aliphatic carbocycles. The summed E-state index contributed by atoms with van der Waals surface area (Å²) in [7, 11) is 1.03. The van der Waals surface area contributed by atoms with E-state index in [0.29, 0.717) is 65.7 Å². The fraction of sp³-hybridized carbons (Fsp3) is 0.340. The van der Waals surface area contributed by atoms with Crippen molar-refractivity contribution in [2.45, 2.75) is 78.0 Å². The van der Waals surface area contributed by atoms with E-state index in [0.717, 1.165) is 29.4 Å². The molecule has 0 saturated carbocycles. The van der Waals surface area contributed by atoms with Crippen LogP contribution in [0.5, 0.6) is 17.2 Å². The Hall–Kier alpha value is -6.03. The predicted octanol–water partition coefficient (Wildman–Crippen LogP) is 7.73. The summed E-state index contributed by atoms with van der Waals surface area (Å²) in [5, 5.41) is 12.4. The van der Waals surface area contributed by atoms with Crippen LogP contribution in [-0.4, -0.2) is 59.8 Å². The lowest BCUT2D eigenvalue weighted by Gasteiger charge is -2.47. The second-order valence-electron chi connectivity index (χ2n) is 17.4. The number of rotatable bonds is 6. The molecule has 8 nitrogen and oxygen atoms in total. The second kappa shape index (κ2) is 14.5. The number of carbonyl (C=O) groups is 2. The molecule has 0 saturated heterocycles. The minimum atomic E-state index is -2.28. The van der Waals surface area contributed by atoms with Gasteiger partial charge in [0.15, 0.2) is 34.9 Å². The Bertz CT molecular complexity index is 2970. The quantitative estimate of drug-likeness (QED) is 0.0470. The van der Waals surface area contributed by atoms with Crippen molar-refractivity contribution in [2.75, 3.05) is 31.6 Å². The zero-order valence-corrected chi connectivity index (χ0v) is 35.0. The first-order valence-corrected chi connectivity index (χ1v) is 20.4. The highest BCUT2D eigenvalue weighted by Gasteiger charge is 2.44. The van der Waals surface area contributed by atoms with Gasteiger partial charge in [-0.3, -0.25) is 9.59 Å². The minimum Gasteiger partial charge on any atom is -0.455 e. The van der Waals surface area contributed by atoms with Crippen LogP contribution in [0.4, 0.5) is 40.8 Å². The SMILES string of the molecule is CC1=CC(C)(C)N2CCCc3c4c(cc1c32)C(c1c(F)c(F)c(F)c(F)c1C(=O)N(C)CCC(=O)Oc1c(F)c(F)cc(F)c1F)=c1cc2c3c(c1O4)CCC[N+]=3C(C)(O)C=C2C. The number of hydrogen-bond acceptors (Lipinski definition) is 6. The lowest BCUT2D eigenvalue weighted by Crippen LogP contribution is -2.54. The van der Waals surface area contributed by atoms with Crippen LogP contribution >= 0.6 is 0 Å². The highest BCUT2D eigenvalue weighted by Crippen LogP contribution is 2.53. The zero-order chi connectivity index (χ0) is 45.3. The lowest BCUT2D eigenvalue weighted by molar-refractivity contribution is -0.135. The van der Waals surface area contributed by atoms with E-state index in [1.54, 1.807) is 32.1 Å². The average Bonchev–Trinajstić information content (AvgIpc) is 3.23. The summed E-state index contributed by atoms with van der Waals surface area (Å²) in [6, 6.07) is 3.28. The fourth-order valence-corrected chi connectivity index (χ4v) is 9.98. The molecule has 0 radical (unpaired) electrons. The summed E-state index contributed by atoms with van der Waals surface area (Å²) in [5.74, 6) is -20.2. The van der Waals surface area contributed by atoms with Gasteiger partial charge in [0.25, 0.3) is 11.6 Å². The van der Waals surface area contributed by atoms with Crippen LogP contribution in [0.2, 0.25) is 0 Å². The van der Waals surface area contributed by atoms with Crippen molar-refractivity contribution >= 4 is 34.3 Å². The van der Waals surface area contributed by atoms with Crippen LogP contribution in [-0.2, 0) is 17.6 Å². The van der Waals surface area contributed by atoms with Crippen LogP contribution in [0.15, 0.2) is 30.4 Å². The largest absolute Gasteiger partial charge is 0.455 e. The van der Waals surface area contributed by atoms with E-state index >= 15 is 17.6 Å². The van der Waals surface area contributed by atoms with Gasteiger partial charge in [-0.25, -0.2) is 26.3 Å². The first-order valence-electron chi connectivity index (χ1n) is 20.4. The molecule has 5 aliphatic heterocycles. The smallest absolute Gasteiger partial charge is 0.313 e. The number of halogens is 8. The van der Waals surface area contributed by atoms with Gasteiger partial charge in [0.1, 0.15) is 18.0 Å². The van der Waals surface area contributed by atoms with Gasteiger partial charge >= 0.3 is 5.97 Å². The Morgan fingerprint density at radius 2 is 1.46 bits per heavy atom. The maximum absolute atomic E-state index is 17.0. The van der Waals surface area contributed by atoms with Gasteiger partial charge in [-0.1, -0.05) is 6.08 Å². The summed E-state index contributed by atoms with van der Waals surface area (Å²) in [6.45, 7) is 9.89. The standard InChI is InChI=1S/C47H40F8N3O5/c1-20-18-46(3,4)57-12-7-9-22-40(57)24(20)15-26-31(27-16-25-21(2)19-47(5,61)58-13-8-10-23(41(25)58)43(27)63-42(22)26)32-33(37(53)39(55)38(54)36(32)52)45(60)56(6)14-11-30(59)62-44-34(50)28(48)17-29(49)35(44)51/h15-19,61H,7-14H2,1-6H3/q+1. The van der Waals surface area contributed by atoms with E-state index in [9.17, 15) is 32.3 Å². The van der Waals surface area contributed by atoms with Crippen LogP contribution in [0.3, 0.4) is 0 Å². The van der Waals surface area contributed by atoms with Crippen molar-refractivity contribution in [1.82, 2.24) is 9.48 Å². The summed E-state index contributed by atoms with van der Waals surface area (Å²) in [6.07, 6.45) is 4.97. The van der Waals surface area contributed by atoms with Crippen LogP contribution < -0.4 is 29.5 Å². The van der Waals surface area contributed by atoms with Gasteiger partial charge in [-0.15, -0.1) is 0 Å². The van der Waals surface area contributed by atoms with E-state index in [4.69, 9.17) is 4.74 Å². The van der Waals surface area contributed by atoms with Gasteiger partial charge < -0.3 is 24.4 Å². The predicted molar refractivity (Wildman–Crippen MR) is 216 cm³/mol. The highest BCUT2D eigenvalue weighted by atomic mass is 19.2. The minimum absolute atomic E-state index is 0.0891. The number of allylic oxidation sites excluding steroid dienone is 2. The van der Waals surface area contributed by atoms with Crippen LogP contribution in [0, 0.1) is 46.5 Å². The molecule has 5 aliphatic rings. The number of amides is 1. The van der Waals surface area contributed by atoms with Crippen LogP contribution in [0.25, 0.3) is 16.7 Å². The topological polar surface area (TPSA) is 82.3 Å². The van der Waals surface area contributed by atoms with Gasteiger partial charge in [-0.05, 0) is 70.2 Å². The molecule has 4 aromatic carbocycles. The molecule has 1 unspecified atom stereocenters. The summed E-state index contributed by atoms with van der Waals surface area (Å²) in [4.78, 5) is 30.1. The van der Waals surface area contributed by atoms with Gasteiger partial charge in [-0.2, -0.15) is 13.4 Å². The number of ether oxygens (including phenoxy) is 2. The van der Waals surface area contributed by atoms with E-state index in [1.165, 1.54) is 0 Å². The molecular formula is C47H40F8N3O5+. The number of fused-ring (bicyclic) bond motifs is 4. The molecule has 1 N–H and O–H groups in total. The molecule has 16 heteroatoms. The molecule has 0 aromatic heterocycles. The molecular weight excluding hydrogens is 839 g/mol. The van der Waals surface area contributed by atoms with Crippen molar-refractivity contribution in [1.29, 1.82) is 0 Å². The Morgan fingerprint density at radius 1 is 0.810 bits per heavy atom. The number of carbonyl (C=O) groups excluding carboxylic acids is 2. The van der Waals surface area contributed by atoms with Crippen molar-refractivity contribution in [3.63, 3.8) is 0 Å². The second-order valence-corrected chi connectivity index (χ2v) is 17.4. The third-order valence-electron chi connectivity index (χ3n) is 12.8. The number of hydrogen-bond donors (Lipinski definition) is 1. The van der Waals surface area contributed by atoms with Gasteiger partial charge in [0, 0.05) is 84.2 Å². The third kappa shape index (κ3) is 6.29. The summed E-state index contributed by atoms with van der Waals surface area (Å²) in [5.41, 5.74) is 1.02. The molecule has 9 rings (SSSR count). The van der Waals surface area contributed by atoms with Crippen molar-refractivity contribution in [3.8, 4) is 17.2 Å². The van der Waals surface area contributed by atoms with Crippen molar-refractivity contribution < 1.29 is 59.3 Å². The summed E-state index contributed by atoms with van der Waals surface area (Å²) >= 11 is 0. The normalized spacial score (nSPS) is 19.0. The number of aliphatic hydroxyl groups is 1. The Balaban J connectivity index is 1.29. The van der Waals surface area contributed by atoms with E-state index < -0.39 is 99.5 Å². The molecule has 1 amide bonds. The number of nitrogens with zero attached hydrogens (tertiary/aromatic N) is 3. The molecule has 1 atom stereocenters. The summed E-state index contributed by atoms with van der Waals surface area (Å²) < 4.78 is 134. The Kier molecular flexibility index (Phi) is 9.74. The Labute approximate surface area is 355 Å². The van der Waals surface area contributed by atoms with E-state index in [2.05, 4.69) is 29.6 Å². The fourth-order valence-electron chi connectivity index (χ4n) is 9.98. The third-order valence-corrected chi connectivity index (χ3v) is 12.8.